The molecule has 4 aromatic rings. The maximum atomic E-state index is 14.7. The number of fused-ring (bicyclic) bond motifs is 6. The molecule has 1 aromatic carbocycles. The van der Waals surface area contributed by atoms with Gasteiger partial charge in [-0.05, 0) is 94.3 Å². The number of carbonyl (C=O) groups is 4. The predicted octanol–water partition coefficient (Wildman–Crippen LogP) is 5.71. The molecule has 0 aliphatic carbocycles. The number of ether oxygens (including phenoxy) is 2. The minimum absolute atomic E-state index is 0.0591. The molecule has 16 heteroatoms. The summed E-state index contributed by atoms with van der Waals surface area (Å²) in [5.74, 6) is -1.06. The number of likely N-dealkylation sites (tertiary alicyclic amines) is 1. The lowest BCUT2D eigenvalue weighted by molar-refractivity contribution is -0.147. The number of amides is 4. The van der Waals surface area contributed by atoms with E-state index in [2.05, 4.69) is 65.2 Å². The Bertz CT molecular complexity index is 2370. The molecule has 2 N–H and O–H groups in total. The van der Waals surface area contributed by atoms with Crippen molar-refractivity contribution in [2.24, 2.45) is 11.3 Å². The van der Waals surface area contributed by atoms with Crippen LogP contribution < -0.4 is 10.7 Å². The lowest BCUT2D eigenvalue weighted by atomic mass is 9.84. The number of urea groups is 1. The number of nitrogens with zero attached hydrogens (tertiary/aromatic N) is 7. The molecule has 0 saturated carbocycles. The smallest absolute Gasteiger partial charge is 0.320 e. The molecule has 6 bridgehead atoms. The first-order chi connectivity index (χ1) is 30.6. The van der Waals surface area contributed by atoms with Crippen molar-refractivity contribution in [3.8, 4) is 22.5 Å². The normalized spacial score (nSPS) is 23.6. The van der Waals surface area contributed by atoms with E-state index in [1.807, 2.05) is 45.6 Å². The molecule has 3 fully saturated rings. The Hall–Kier alpha value is -4.74. The van der Waals surface area contributed by atoms with E-state index >= 15 is 0 Å². The van der Waals surface area contributed by atoms with Gasteiger partial charge in [-0.15, -0.1) is 11.3 Å². The Morgan fingerprint density at radius 3 is 2.62 bits per heavy atom. The zero-order valence-electron chi connectivity index (χ0n) is 38.7. The number of aldehydes is 1. The number of hydrogen-bond acceptors (Lipinski definition) is 11. The molecule has 3 aromatic heterocycles. The molecule has 8 rings (SSSR count). The molecule has 4 amide bonds. The first-order valence-electron chi connectivity index (χ1n) is 22.9. The molecule has 4 aliphatic heterocycles. The Labute approximate surface area is 380 Å². The highest BCUT2D eigenvalue weighted by Gasteiger charge is 2.43. The van der Waals surface area contributed by atoms with Crippen molar-refractivity contribution in [1.29, 1.82) is 0 Å². The Balaban J connectivity index is 1.18. The number of rotatable bonds is 9. The fourth-order valence-corrected chi connectivity index (χ4v) is 10.8. The molecular formula is C48H65N9O6S. The largest absolute Gasteiger partial charge is 0.378 e. The van der Waals surface area contributed by atoms with Crippen LogP contribution in [0.4, 0.5) is 4.79 Å². The Kier molecular flexibility index (Phi) is 13.3. The minimum Gasteiger partial charge on any atom is -0.378 e. The third-order valence-corrected chi connectivity index (χ3v) is 14.4. The average molecular weight is 896 g/mol. The van der Waals surface area contributed by atoms with Crippen LogP contribution in [-0.4, -0.2) is 143 Å². The van der Waals surface area contributed by atoms with E-state index in [0.29, 0.717) is 50.5 Å². The fraction of sp³-hybridized carbons (Fsp3) is 0.583. The highest BCUT2D eigenvalue weighted by atomic mass is 32.1. The maximum Gasteiger partial charge on any atom is 0.320 e. The van der Waals surface area contributed by atoms with Gasteiger partial charge in [0.1, 0.15) is 30.0 Å². The molecule has 15 nitrogen and oxygen atoms in total. The quantitative estimate of drug-likeness (QED) is 0.200. The lowest BCUT2D eigenvalue weighted by Crippen LogP contribution is -2.67. The molecule has 4 atom stereocenters. The number of aryl methyl sites for hydroxylation is 1. The predicted molar refractivity (Wildman–Crippen MR) is 248 cm³/mol. The Morgan fingerprint density at radius 1 is 1.12 bits per heavy atom. The first-order valence-corrected chi connectivity index (χ1v) is 23.8. The number of hydrogen-bond donors (Lipinski definition) is 2. The van der Waals surface area contributed by atoms with Crippen molar-refractivity contribution in [2.45, 2.75) is 109 Å². The van der Waals surface area contributed by atoms with Crippen molar-refractivity contribution in [3.63, 3.8) is 0 Å². The second-order valence-electron chi connectivity index (χ2n) is 19.6. The minimum atomic E-state index is -1.16. The number of pyridine rings is 1. The van der Waals surface area contributed by atoms with E-state index < -0.39 is 23.5 Å². The summed E-state index contributed by atoms with van der Waals surface area (Å²) >= 11 is 1.44. The second kappa shape index (κ2) is 18.6. The maximum absolute atomic E-state index is 14.7. The molecule has 3 saturated heterocycles. The van der Waals surface area contributed by atoms with E-state index in [9.17, 15) is 19.2 Å². The van der Waals surface area contributed by atoms with Crippen molar-refractivity contribution >= 4 is 46.4 Å². The van der Waals surface area contributed by atoms with Crippen molar-refractivity contribution < 1.29 is 28.7 Å². The summed E-state index contributed by atoms with van der Waals surface area (Å²) in [6.07, 6.45) is 6.38. The number of carbonyl (C=O) groups excluding carboxylic acids is 4. The molecule has 344 valence electrons. The summed E-state index contributed by atoms with van der Waals surface area (Å²) in [6.45, 7) is 13.7. The summed E-state index contributed by atoms with van der Waals surface area (Å²) in [5.41, 5.74) is 8.88. The summed E-state index contributed by atoms with van der Waals surface area (Å²) in [4.78, 5) is 71.2. The topological polar surface area (TPSA) is 154 Å². The Morgan fingerprint density at radius 2 is 1.92 bits per heavy atom. The zero-order chi connectivity index (χ0) is 45.5. The van der Waals surface area contributed by atoms with Gasteiger partial charge in [-0.3, -0.25) is 19.6 Å². The van der Waals surface area contributed by atoms with Crippen LogP contribution in [0.3, 0.4) is 0 Å². The summed E-state index contributed by atoms with van der Waals surface area (Å²) in [5, 5.41) is 8.32. The van der Waals surface area contributed by atoms with Crippen LogP contribution in [0.2, 0.25) is 0 Å². The van der Waals surface area contributed by atoms with Gasteiger partial charge in [0.15, 0.2) is 0 Å². The molecule has 0 radical (unpaired) electrons. The summed E-state index contributed by atoms with van der Waals surface area (Å²) in [6, 6.07) is 8.84. The van der Waals surface area contributed by atoms with E-state index in [4.69, 9.17) is 19.4 Å². The van der Waals surface area contributed by atoms with Gasteiger partial charge in [0.25, 0.3) is 5.91 Å². The van der Waals surface area contributed by atoms with Gasteiger partial charge in [-0.1, -0.05) is 33.8 Å². The number of likely N-dealkylation sites (N-methyl/N-ethyl adjacent to an activating group) is 2. The monoisotopic (exact) mass is 895 g/mol. The lowest BCUT2D eigenvalue weighted by Gasteiger charge is -2.45. The van der Waals surface area contributed by atoms with Crippen LogP contribution in [0.15, 0.2) is 41.9 Å². The summed E-state index contributed by atoms with van der Waals surface area (Å²) in [7, 11) is 5.63. The van der Waals surface area contributed by atoms with Gasteiger partial charge in [-0.2, -0.15) is 0 Å². The van der Waals surface area contributed by atoms with Crippen LogP contribution >= 0.6 is 11.3 Å². The molecular weight excluding hydrogens is 831 g/mol. The van der Waals surface area contributed by atoms with Crippen LogP contribution in [0.1, 0.15) is 82.7 Å². The molecule has 64 heavy (non-hydrogen) atoms. The van der Waals surface area contributed by atoms with Gasteiger partial charge in [0, 0.05) is 85.9 Å². The third-order valence-electron chi connectivity index (χ3n) is 13.5. The average Bonchev–Trinajstić information content (AvgIpc) is 4.02. The molecule has 0 spiro atoms. The fourth-order valence-electron chi connectivity index (χ4n) is 9.99. The molecule has 0 unspecified atom stereocenters. The van der Waals surface area contributed by atoms with E-state index in [1.165, 1.54) is 26.8 Å². The number of nitrogens with one attached hydrogen (secondary N) is 2. The third kappa shape index (κ3) is 9.08. The van der Waals surface area contributed by atoms with Crippen molar-refractivity contribution in [3.05, 3.63) is 58.2 Å². The van der Waals surface area contributed by atoms with Crippen LogP contribution in [0, 0.1) is 11.3 Å². The van der Waals surface area contributed by atoms with Gasteiger partial charge >= 0.3 is 6.03 Å². The van der Waals surface area contributed by atoms with Crippen LogP contribution in [-0.2, 0) is 43.2 Å². The van der Waals surface area contributed by atoms with Crippen LogP contribution in [0.5, 0.6) is 0 Å². The first kappa shape index (κ1) is 45.8. The number of hydrazine groups is 1. The van der Waals surface area contributed by atoms with Gasteiger partial charge in [-0.25, -0.2) is 15.2 Å². The van der Waals surface area contributed by atoms with Gasteiger partial charge in [0.2, 0.25) is 5.91 Å². The van der Waals surface area contributed by atoms with Gasteiger partial charge in [0.05, 0.1) is 35.3 Å². The molecule has 7 heterocycles. The standard InChI is InChI=1S/C48H65N9O6S/c1-9-56-38-16-15-31-21-34(38)35(43(56)33-13-10-18-49-41(33)39-14-11-20-63-39)23-47(4,5)28-62-29-48(27-58)17-12-19-57(52-48)45(60)36(22-40-50-37(31)26-64-40)51-44(59)42(30(2)3)54(8)46(61)55-24-32(25-55)53(6)7/h10,13,15-16,18,21,26-27,30,32,36,39,42,52H,9,11-12,14,17,19-20,22-25,28-29H2,1-8H3,(H,51,59)/t36-,39-,42-,48-/m0/s1. The SMILES string of the molecule is CCn1c(-c2cccnc2[C@@H]2CCCO2)c2c3cc(ccc31)-c1csc(n1)C[C@H](NC(=O)[C@H](C(C)C)N(C)C(=O)N1CC(N(C)C)C1)C(=O)N1CCC[C@](C=O)(COCC(C)(C)C2)N1. The van der Waals surface area contributed by atoms with Crippen molar-refractivity contribution in [2.75, 3.05) is 60.6 Å². The van der Waals surface area contributed by atoms with E-state index in [1.54, 1.807) is 11.9 Å². The highest BCUT2D eigenvalue weighted by Crippen LogP contribution is 2.43. The highest BCUT2D eigenvalue weighted by molar-refractivity contribution is 7.10. The van der Waals surface area contributed by atoms with Crippen molar-refractivity contribution in [1.82, 2.24) is 45.0 Å². The van der Waals surface area contributed by atoms with E-state index in [0.717, 1.165) is 71.4 Å². The number of thiazole rings is 1. The second-order valence-corrected chi connectivity index (χ2v) is 20.5. The van der Waals surface area contributed by atoms with E-state index in [-0.39, 0.29) is 48.4 Å². The summed E-state index contributed by atoms with van der Waals surface area (Å²) < 4.78 is 15.1. The molecule has 4 aliphatic rings. The number of benzene rings is 1. The van der Waals surface area contributed by atoms with Gasteiger partial charge < -0.3 is 38.9 Å². The number of aromatic nitrogens is 3. The zero-order valence-corrected chi connectivity index (χ0v) is 39.5. The van der Waals surface area contributed by atoms with Crippen LogP contribution in [0.25, 0.3) is 33.4 Å².